The number of hydrogen-bond acceptors (Lipinski definition) is 2. The minimum absolute atomic E-state index is 0.566. The number of anilines is 1. The fraction of sp³-hybridized carbons (Fsp3) is 0.0769. The molecule has 2 aromatic rings. The van der Waals surface area contributed by atoms with E-state index in [-0.39, 0.29) is 0 Å². The van der Waals surface area contributed by atoms with E-state index in [1.54, 1.807) is 17.3 Å². The lowest BCUT2D eigenvalue weighted by Crippen LogP contribution is -2.20. The maximum absolute atomic E-state index is 11.0. The molecular weight excluding hydrogens is 200 g/mol. The highest BCUT2D eigenvalue weighted by Gasteiger charge is 2.04. The lowest BCUT2D eigenvalue weighted by atomic mass is 10.2. The Hall–Kier alpha value is -2.16. The summed E-state index contributed by atoms with van der Waals surface area (Å²) in [6.07, 6.45) is 4.19. The Morgan fingerprint density at radius 2 is 1.94 bits per heavy atom. The molecule has 0 radical (unpaired) electrons. The highest BCUT2D eigenvalue weighted by molar-refractivity contribution is 5.74. The van der Waals surface area contributed by atoms with Gasteiger partial charge in [0.1, 0.15) is 0 Å². The highest BCUT2D eigenvalue weighted by atomic mass is 16.1. The van der Waals surface area contributed by atoms with Crippen LogP contribution in [0.3, 0.4) is 0 Å². The topological polar surface area (TPSA) is 33.2 Å². The smallest absolute Gasteiger partial charge is 0.214 e. The molecule has 0 atom stereocenters. The molecule has 1 amide bonds. The van der Waals surface area contributed by atoms with Crippen LogP contribution in [0.15, 0.2) is 54.9 Å². The minimum atomic E-state index is 0.566. The van der Waals surface area contributed by atoms with E-state index in [1.807, 2.05) is 42.5 Å². The van der Waals surface area contributed by atoms with Crippen LogP contribution in [0.4, 0.5) is 5.69 Å². The Bertz CT molecular complexity index is 442. The van der Waals surface area contributed by atoms with Gasteiger partial charge in [-0.15, -0.1) is 0 Å². The van der Waals surface area contributed by atoms with Crippen molar-refractivity contribution in [3.05, 3.63) is 60.4 Å². The first-order valence-electron chi connectivity index (χ1n) is 5.06. The molecule has 1 aromatic heterocycles. The Kier molecular flexibility index (Phi) is 3.28. The first-order valence-corrected chi connectivity index (χ1v) is 5.06. The zero-order valence-corrected chi connectivity index (χ0v) is 8.78. The second-order valence-electron chi connectivity index (χ2n) is 3.43. The van der Waals surface area contributed by atoms with E-state index >= 15 is 0 Å². The number of amides is 1. The average molecular weight is 212 g/mol. The third kappa shape index (κ3) is 2.45. The second-order valence-corrected chi connectivity index (χ2v) is 3.43. The molecule has 0 N–H and O–H groups in total. The van der Waals surface area contributed by atoms with Crippen molar-refractivity contribution in [1.82, 2.24) is 4.98 Å². The monoisotopic (exact) mass is 212 g/mol. The lowest BCUT2D eigenvalue weighted by molar-refractivity contribution is -0.107. The van der Waals surface area contributed by atoms with Gasteiger partial charge >= 0.3 is 0 Å². The van der Waals surface area contributed by atoms with Gasteiger partial charge in [-0.05, 0) is 17.7 Å². The van der Waals surface area contributed by atoms with Crippen molar-refractivity contribution in [2.75, 3.05) is 4.90 Å². The standard InChI is InChI=1S/C13H12N2O/c16-11-15(13-7-4-8-14-9-13)10-12-5-2-1-3-6-12/h1-9,11H,10H2. The fourth-order valence-corrected chi connectivity index (χ4v) is 1.49. The van der Waals surface area contributed by atoms with Gasteiger partial charge in [-0.2, -0.15) is 0 Å². The number of aromatic nitrogens is 1. The first-order chi connectivity index (χ1) is 7.90. The van der Waals surface area contributed by atoms with E-state index in [0.717, 1.165) is 17.7 Å². The van der Waals surface area contributed by atoms with Crippen LogP contribution in [0.25, 0.3) is 0 Å². The third-order valence-electron chi connectivity index (χ3n) is 2.30. The number of carbonyl (C=O) groups excluding carboxylic acids is 1. The molecule has 3 heteroatoms. The van der Waals surface area contributed by atoms with Crippen molar-refractivity contribution in [2.24, 2.45) is 0 Å². The van der Waals surface area contributed by atoms with Gasteiger partial charge in [0.05, 0.1) is 18.4 Å². The summed E-state index contributed by atoms with van der Waals surface area (Å²) in [6, 6.07) is 13.5. The van der Waals surface area contributed by atoms with Crippen LogP contribution in [0.1, 0.15) is 5.56 Å². The quantitative estimate of drug-likeness (QED) is 0.728. The summed E-state index contributed by atoms with van der Waals surface area (Å²) in [7, 11) is 0. The maximum atomic E-state index is 11.0. The van der Waals surface area contributed by atoms with E-state index in [0.29, 0.717) is 6.54 Å². The average Bonchev–Trinajstić information content (AvgIpc) is 2.38. The molecule has 0 aliphatic carbocycles. The molecule has 0 bridgehead atoms. The molecule has 16 heavy (non-hydrogen) atoms. The van der Waals surface area contributed by atoms with E-state index in [2.05, 4.69) is 4.98 Å². The summed E-state index contributed by atoms with van der Waals surface area (Å²) in [5.74, 6) is 0. The van der Waals surface area contributed by atoms with Gasteiger partial charge in [-0.3, -0.25) is 9.78 Å². The summed E-state index contributed by atoms with van der Waals surface area (Å²) in [5, 5.41) is 0. The van der Waals surface area contributed by atoms with Gasteiger partial charge in [0.15, 0.2) is 0 Å². The number of nitrogens with zero attached hydrogens (tertiary/aromatic N) is 2. The molecule has 0 unspecified atom stereocenters. The summed E-state index contributed by atoms with van der Waals surface area (Å²) in [4.78, 5) is 16.6. The minimum Gasteiger partial charge on any atom is -0.309 e. The summed E-state index contributed by atoms with van der Waals surface area (Å²) in [5.41, 5.74) is 1.90. The number of pyridine rings is 1. The Morgan fingerprint density at radius 3 is 2.56 bits per heavy atom. The number of rotatable bonds is 4. The van der Waals surface area contributed by atoms with Gasteiger partial charge < -0.3 is 4.90 Å². The molecule has 0 fully saturated rings. The van der Waals surface area contributed by atoms with Gasteiger partial charge in [-0.25, -0.2) is 0 Å². The number of benzene rings is 1. The van der Waals surface area contributed by atoms with Crippen molar-refractivity contribution in [1.29, 1.82) is 0 Å². The van der Waals surface area contributed by atoms with E-state index < -0.39 is 0 Å². The molecular formula is C13H12N2O. The van der Waals surface area contributed by atoms with Crippen LogP contribution >= 0.6 is 0 Å². The second kappa shape index (κ2) is 5.07. The summed E-state index contributed by atoms with van der Waals surface area (Å²) < 4.78 is 0. The largest absolute Gasteiger partial charge is 0.309 e. The van der Waals surface area contributed by atoms with Crippen LogP contribution in [0.5, 0.6) is 0 Å². The van der Waals surface area contributed by atoms with E-state index in [1.165, 1.54) is 0 Å². The van der Waals surface area contributed by atoms with Crippen molar-refractivity contribution in [2.45, 2.75) is 6.54 Å². The first kappa shape index (κ1) is 10.4. The molecule has 3 nitrogen and oxygen atoms in total. The van der Waals surface area contributed by atoms with E-state index in [4.69, 9.17) is 0 Å². The molecule has 1 aromatic carbocycles. The molecule has 1 heterocycles. The highest BCUT2D eigenvalue weighted by Crippen LogP contribution is 2.13. The van der Waals surface area contributed by atoms with Gasteiger partial charge in [0, 0.05) is 6.20 Å². The zero-order chi connectivity index (χ0) is 11.2. The predicted octanol–water partition coefficient (Wildman–Crippen LogP) is 2.24. The number of carbonyl (C=O) groups is 1. The van der Waals surface area contributed by atoms with Gasteiger partial charge in [0.25, 0.3) is 0 Å². The van der Waals surface area contributed by atoms with E-state index in [9.17, 15) is 4.79 Å². The molecule has 0 spiro atoms. The molecule has 0 aliphatic heterocycles. The van der Waals surface area contributed by atoms with Crippen LogP contribution in [0.2, 0.25) is 0 Å². The fourth-order valence-electron chi connectivity index (χ4n) is 1.49. The molecule has 0 saturated heterocycles. The van der Waals surface area contributed by atoms with Crippen LogP contribution < -0.4 is 4.90 Å². The predicted molar refractivity (Wildman–Crippen MR) is 62.9 cm³/mol. The Labute approximate surface area is 94.4 Å². The summed E-state index contributed by atoms with van der Waals surface area (Å²) in [6.45, 7) is 0.566. The normalized spacial score (nSPS) is 9.75. The third-order valence-corrected chi connectivity index (χ3v) is 2.30. The summed E-state index contributed by atoms with van der Waals surface area (Å²) >= 11 is 0. The van der Waals surface area contributed by atoms with Gasteiger partial charge in [-0.1, -0.05) is 30.3 Å². The Balaban J connectivity index is 2.16. The molecule has 80 valence electrons. The van der Waals surface area contributed by atoms with Crippen molar-refractivity contribution in [3.8, 4) is 0 Å². The zero-order valence-electron chi connectivity index (χ0n) is 8.78. The van der Waals surface area contributed by atoms with Crippen molar-refractivity contribution < 1.29 is 4.79 Å². The van der Waals surface area contributed by atoms with Crippen LogP contribution in [-0.2, 0) is 11.3 Å². The van der Waals surface area contributed by atoms with Crippen molar-refractivity contribution >= 4 is 12.1 Å². The molecule has 0 aliphatic rings. The van der Waals surface area contributed by atoms with Gasteiger partial charge in [0.2, 0.25) is 6.41 Å². The van der Waals surface area contributed by atoms with Crippen molar-refractivity contribution in [3.63, 3.8) is 0 Å². The molecule has 0 saturated carbocycles. The maximum Gasteiger partial charge on any atom is 0.214 e. The van der Waals surface area contributed by atoms with Crippen LogP contribution in [-0.4, -0.2) is 11.4 Å². The SMILES string of the molecule is O=CN(Cc1ccccc1)c1cccnc1. The Morgan fingerprint density at radius 1 is 1.12 bits per heavy atom. The molecule has 2 rings (SSSR count). The number of hydrogen-bond donors (Lipinski definition) is 0. The lowest BCUT2D eigenvalue weighted by Gasteiger charge is -2.16. The van der Waals surface area contributed by atoms with Crippen LogP contribution in [0, 0.1) is 0 Å².